The number of dihydropyridines is 1. The summed E-state index contributed by atoms with van der Waals surface area (Å²) in [7, 11) is 0. The van der Waals surface area contributed by atoms with Gasteiger partial charge >= 0.3 is 6.18 Å². The largest absolute Gasteiger partial charge is 0.406 e. The number of likely N-dealkylation sites (tertiary alicyclic amines) is 1. The van der Waals surface area contributed by atoms with Crippen molar-refractivity contribution >= 4 is 22.5 Å². The molecular weight excluding hydrogens is 561 g/mol. The van der Waals surface area contributed by atoms with E-state index in [2.05, 4.69) is 52.2 Å². The number of aromatic nitrogens is 1. The van der Waals surface area contributed by atoms with Gasteiger partial charge in [0.2, 0.25) is 0 Å². The van der Waals surface area contributed by atoms with Gasteiger partial charge in [-0.05, 0) is 94.7 Å². The summed E-state index contributed by atoms with van der Waals surface area (Å²) in [5, 5.41) is 17.0. The smallest absolute Gasteiger partial charge is 0.381 e. The van der Waals surface area contributed by atoms with E-state index >= 15 is 0 Å². The molecule has 2 aliphatic heterocycles. The molecule has 0 unspecified atom stereocenters. The fourth-order valence-electron chi connectivity index (χ4n) is 5.80. The lowest BCUT2D eigenvalue weighted by molar-refractivity contribution is -0.140. The van der Waals surface area contributed by atoms with E-state index in [1.165, 1.54) is 4.57 Å². The van der Waals surface area contributed by atoms with Gasteiger partial charge in [-0.1, -0.05) is 31.4 Å². The molecule has 0 aliphatic carbocycles. The Kier molecular flexibility index (Phi) is 10.2. The molecule has 1 fully saturated rings. The van der Waals surface area contributed by atoms with Crippen LogP contribution in [0.3, 0.4) is 0 Å². The number of nitrogens with zero attached hydrogens (tertiary/aromatic N) is 4. The third-order valence-electron chi connectivity index (χ3n) is 8.18. The van der Waals surface area contributed by atoms with Crippen molar-refractivity contribution in [3.05, 3.63) is 58.0 Å². The minimum atomic E-state index is -4.41. The summed E-state index contributed by atoms with van der Waals surface area (Å²) in [6.07, 6.45) is 1.50. The number of nitrogens with one attached hydrogen (secondary N) is 2. The molecule has 10 heteroatoms. The number of hydrogen-bond donors (Lipinski definition) is 2. The maximum Gasteiger partial charge on any atom is 0.406 e. The maximum absolute atomic E-state index is 13.7. The zero-order valence-electron chi connectivity index (χ0n) is 24.8. The van der Waals surface area contributed by atoms with Crippen LogP contribution in [0.25, 0.3) is 10.9 Å². The Labute approximate surface area is 252 Å². The minimum Gasteiger partial charge on any atom is -0.381 e. The SMILES string of the molecule is CCN(CC)C1CCN(Cc2cc(Cl)cc3c2cc(C#CCNC2=CC=C(C(C)(C)C#N)NC2)n3CC(F)(F)F)CC1. The Bertz CT molecular complexity index is 1420. The van der Waals surface area contributed by atoms with Crippen LogP contribution in [0.2, 0.25) is 5.02 Å². The Hall–Kier alpha value is -3.11. The second kappa shape index (κ2) is 13.5. The number of benzene rings is 1. The van der Waals surface area contributed by atoms with Crippen LogP contribution in [0.1, 0.15) is 51.8 Å². The molecule has 0 saturated carbocycles. The maximum atomic E-state index is 13.7. The van der Waals surface area contributed by atoms with Gasteiger partial charge in [-0.3, -0.25) is 4.90 Å². The van der Waals surface area contributed by atoms with Crippen LogP contribution in [0, 0.1) is 28.6 Å². The normalized spacial score (nSPS) is 16.9. The molecule has 0 atom stereocenters. The quantitative estimate of drug-likeness (QED) is 0.345. The molecular formula is C32H40ClF3N6. The summed E-state index contributed by atoms with van der Waals surface area (Å²) in [6, 6.07) is 8.08. The van der Waals surface area contributed by atoms with Gasteiger partial charge in [-0.25, -0.2) is 0 Å². The van der Waals surface area contributed by atoms with Gasteiger partial charge < -0.3 is 20.1 Å². The molecule has 0 radical (unpaired) electrons. The molecule has 226 valence electrons. The molecule has 1 saturated heterocycles. The molecule has 0 amide bonds. The summed E-state index contributed by atoms with van der Waals surface area (Å²) in [6.45, 7) is 12.3. The lowest BCUT2D eigenvalue weighted by Crippen LogP contribution is -2.44. The summed E-state index contributed by atoms with van der Waals surface area (Å²) in [5.41, 5.74) is 2.78. The number of nitriles is 1. The van der Waals surface area contributed by atoms with Crippen LogP contribution < -0.4 is 10.6 Å². The number of piperidine rings is 1. The van der Waals surface area contributed by atoms with E-state index in [0.29, 0.717) is 35.4 Å². The van der Waals surface area contributed by atoms with Crippen LogP contribution in [-0.2, 0) is 13.1 Å². The second-order valence-electron chi connectivity index (χ2n) is 11.5. The molecule has 2 N–H and O–H groups in total. The number of alkyl halides is 3. The van der Waals surface area contributed by atoms with Crippen molar-refractivity contribution in [3.63, 3.8) is 0 Å². The molecule has 42 heavy (non-hydrogen) atoms. The van der Waals surface area contributed by atoms with E-state index in [4.69, 9.17) is 11.6 Å². The van der Waals surface area contributed by atoms with Gasteiger partial charge in [0, 0.05) is 34.4 Å². The van der Waals surface area contributed by atoms with Crippen LogP contribution >= 0.6 is 11.6 Å². The van der Waals surface area contributed by atoms with E-state index in [1.54, 1.807) is 12.1 Å². The molecule has 4 rings (SSSR count). The van der Waals surface area contributed by atoms with Crippen molar-refractivity contribution in [1.82, 2.24) is 25.0 Å². The molecule has 3 heterocycles. The summed E-state index contributed by atoms with van der Waals surface area (Å²) in [4.78, 5) is 4.86. The lowest BCUT2D eigenvalue weighted by atomic mass is 9.89. The zero-order chi connectivity index (χ0) is 30.5. The van der Waals surface area contributed by atoms with Crippen LogP contribution in [0.5, 0.6) is 0 Å². The second-order valence-corrected chi connectivity index (χ2v) is 11.9. The standard InChI is InChI=1S/C32H40ClF3N6/c1-5-41(6-2)26-11-14-40(15-12-26)20-23-16-24(33)17-29-28(23)18-27(42(29)22-32(34,35)36)8-7-13-38-25-9-10-30(39-19-25)31(3,4)21-37/h9-10,16-18,26,38-39H,5-6,11-15,19-20,22H2,1-4H3. The Morgan fingerprint density at radius 3 is 2.43 bits per heavy atom. The average Bonchev–Trinajstić information content (AvgIpc) is 3.28. The highest BCUT2D eigenvalue weighted by Crippen LogP contribution is 2.32. The topological polar surface area (TPSA) is 59.3 Å². The first-order chi connectivity index (χ1) is 19.9. The average molecular weight is 601 g/mol. The summed E-state index contributed by atoms with van der Waals surface area (Å²) < 4.78 is 42.2. The van der Waals surface area contributed by atoms with E-state index in [9.17, 15) is 18.4 Å². The molecule has 1 aromatic heterocycles. The fraction of sp³-hybridized carbons (Fsp3) is 0.531. The highest BCUT2D eigenvalue weighted by Gasteiger charge is 2.30. The molecule has 0 bridgehead atoms. The van der Waals surface area contributed by atoms with E-state index in [0.717, 1.165) is 61.4 Å². The van der Waals surface area contributed by atoms with Gasteiger partial charge in [0.1, 0.15) is 6.54 Å². The van der Waals surface area contributed by atoms with E-state index in [1.807, 2.05) is 32.1 Å². The third-order valence-corrected chi connectivity index (χ3v) is 8.40. The Morgan fingerprint density at radius 1 is 1.12 bits per heavy atom. The van der Waals surface area contributed by atoms with Gasteiger partial charge in [0.25, 0.3) is 0 Å². The highest BCUT2D eigenvalue weighted by molar-refractivity contribution is 6.31. The number of allylic oxidation sites excluding steroid dienone is 3. The monoisotopic (exact) mass is 600 g/mol. The van der Waals surface area contributed by atoms with Crippen molar-refractivity contribution in [3.8, 4) is 17.9 Å². The first-order valence-corrected chi connectivity index (χ1v) is 15.0. The van der Waals surface area contributed by atoms with Crippen molar-refractivity contribution < 1.29 is 13.2 Å². The third kappa shape index (κ3) is 7.83. The number of halogens is 4. The summed E-state index contributed by atoms with van der Waals surface area (Å²) in [5.74, 6) is 5.96. The van der Waals surface area contributed by atoms with Crippen molar-refractivity contribution in [2.24, 2.45) is 5.41 Å². The minimum absolute atomic E-state index is 0.265. The molecule has 2 aliphatic rings. The van der Waals surface area contributed by atoms with Gasteiger partial charge in [-0.15, -0.1) is 0 Å². The van der Waals surface area contributed by atoms with E-state index in [-0.39, 0.29) is 6.54 Å². The summed E-state index contributed by atoms with van der Waals surface area (Å²) >= 11 is 6.46. The number of hydrogen-bond acceptors (Lipinski definition) is 5. The van der Waals surface area contributed by atoms with Gasteiger partial charge in [0.05, 0.1) is 35.8 Å². The van der Waals surface area contributed by atoms with Crippen LogP contribution in [0.15, 0.2) is 41.7 Å². The first-order valence-electron chi connectivity index (χ1n) is 14.6. The lowest BCUT2D eigenvalue weighted by Gasteiger charge is -2.37. The molecule has 1 aromatic carbocycles. The van der Waals surface area contributed by atoms with Crippen molar-refractivity contribution in [2.75, 3.05) is 39.3 Å². The fourth-order valence-corrected chi connectivity index (χ4v) is 6.03. The Morgan fingerprint density at radius 2 is 1.83 bits per heavy atom. The number of rotatable bonds is 9. The van der Waals surface area contributed by atoms with Crippen molar-refractivity contribution in [2.45, 2.75) is 65.8 Å². The van der Waals surface area contributed by atoms with E-state index < -0.39 is 18.1 Å². The molecule has 6 nitrogen and oxygen atoms in total. The highest BCUT2D eigenvalue weighted by atomic mass is 35.5. The molecule has 2 aromatic rings. The van der Waals surface area contributed by atoms with Crippen LogP contribution in [0.4, 0.5) is 13.2 Å². The predicted molar refractivity (Wildman–Crippen MR) is 163 cm³/mol. The van der Waals surface area contributed by atoms with Crippen LogP contribution in [-0.4, -0.2) is 65.9 Å². The van der Waals surface area contributed by atoms with Gasteiger partial charge in [0.15, 0.2) is 0 Å². The first kappa shape index (κ1) is 31.8. The number of fused-ring (bicyclic) bond motifs is 1. The van der Waals surface area contributed by atoms with Crippen molar-refractivity contribution in [1.29, 1.82) is 5.26 Å². The molecule has 0 spiro atoms. The predicted octanol–water partition coefficient (Wildman–Crippen LogP) is 6.03. The Balaban J connectivity index is 1.54. The zero-order valence-corrected chi connectivity index (χ0v) is 25.6. The van der Waals surface area contributed by atoms with Gasteiger partial charge in [-0.2, -0.15) is 18.4 Å².